The minimum absolute atomic E-state index is 0.0919. The maximum atomic E-state index is 10.2. The Bertz CT molecular complexity index is 267. The Labute approximate surface area is 108 Å². The number of rotatable bonds is 2. The lowest BCUT2D eigenvalue weighted by Gasteiger charge is -2.57. The lowest BCUT2D eigenvalue weighted by molar-refractivity contribution is -0.254. The van der Waals surface area contributed by atoms with Gasteiger partial charge < -0.3 is 10.9 Å². The Balaban J connectivity index is 3.09. The lowest BCUT2D eigenvalue weighted by Crippen LogP contribution is -2.68. The van der Waals surface area contributed by atoms with Crippen LogP contribution in [0, 0.1) is 5.92 Å². The van der Waals surface area contributed by atoms with Crippen molar-refractivity contribution in [1.82, 2.24) is 5.06 Å². The first-order valence-corrected chi connectivity index (χ1v) is 6.40. The molecule has 5 heteroatoms. The molecule has 3 nitrogen and oxygen atoms in total. The van der Waals surface area contributed by atoms with Gasteiger partial charge in [-0.2, -0.15) is 5.06 Å². The topological polar surface area (TPSA) is 49.5 Å². The van der Waals surface area contributed by atoms with Crippen molar-refractivity contribution in [3.05, 3.63) is 0 Å². The maximum absolute atomic E-state index is 10.2. The summed E-state index contributed by atoms with van der Waals surface area (Å²) in [5, 5.41) is 11.5. The number of hydroxylamine groups is 2. The number of hydrogen-bond acceptors (Lipinski definition) is 3. The highest BCUT2D eigenvalue weighted by Crippen LogP contribution is 2.53. The Morgan fingerprint density at radius 1 is 1.31 bits per heavy atom. The first-order chi connectivity index (χ1) is 7.07. The molecular weight excluding hydrogens is 247 g/mol. The summed E-state index contributed by atoms with van der Waals surface area (Å²) < 4.78 is -0.989. The quantitative estimate of drug-likeness (QED) is 0.758. The first kappa shape index (κ1) is 14.5. The molecule has 1 aliphatic heterocycles. The summed E-state index contributed by atoms with van der Waals surface area (Å²) in [4.78, 5) is 0. The van der Waals surface area contributed by atoms with Crippen molar-refractivity contribution in [2.24, 2.45) is 11.7 Å². The van der Waals surface area contributed by atoms with E-state index in [1.54, 1.807) is 0 Å². The zero-order valence-corrected chi connectivity index (χ0v) is 11.9. The third kappa shape index (κ3) is 2.08. The molecule has 0 spiro atoms. The van der Waals surface area contributed by atoms with Gasteiger partial charge in [0.05, 0.1) is 5.54 Å². The molecule has 1 atom stereocenters. The molecule has 0 radical (unpaired) electrons. The largest absolute Gasteiger partial charge is 0.330 e. The van der Waals surface area contributed by atoms with Gasteiger partial charge in [0.1, 0.15) is 4.33 Å². The standard InChI is InChI=1S/C11H22Cl2N2O/c1-9(2)7-8(5-6-14)11(12,13)10(3,4)15(9)16/h8,16H,5-7,14H2,1-4H3. The van der Waals surface area contributed by atoms with Crippen molar-refractivity contribution >= 4 is 23.2 Å². The smallest absolute Gasteiger partial charge is 0.141 e. The molecule has 3 N–H and O–H groups in total. The van der Waals surface area contributed by atoms with E-state index in [-0.39, 0.29) is 11.5 Å². The second-order valence-corrected chi connectivity index (χ2v) is 7.17. The molecule has 0 saturated carbocycles. The highest BCUT2D eigenvalue weighted by Gasteiger charge is 2.59. The second-order valence-electron chi connectivity index (χ2n) is 5.78. The van der Waals surface area contributed by atoms with E-state index in [1.807, 2.05) is 27.7 Å². The summed E-state index contributed by atoms with van der Waals surface area (Å²) in [7, 11) is 0. The van der Waals surface area contributed by atoms with Crippen LogP contribution in [-0.2, 0) is 0 Å². The van der Waals surface area contributed by atoms with E-state index in [1.165, 1.54) is 5.06 Å². The molecule has 0 bridgehead atoms. The molecule has 0 amide bonds. The molecule has 0 aromatic heterocycles. The second kappa shape index (κ2) is 4.29. The fourth-order valence-corrected chi connectivity index (χ4v) is 3.23. The van der Waals surface area contributed by atoms with Gasteiger partial charge >= 0.3 is 0 Å². The van der Waals surface area contributed by atoms with Gasteiger partial charge in [-0.05, 0) is 53.0 Å². The van der Waals surface area contributed by atoms with Crippen LogP contribution in [-0.4, -0.2) is 32.2 Å². The van der Waals surface area contributed by atoms with Gasteiger partial charge in [-0.15, -0.1) is 0 Å². The molecule has 0 aromatic carbocycles. The van der Waals surface area contributed by atoms with E-state index in [4.69, 9.17) is 28.9 Å². The van der Waals surface area contributed by atoms with Crippen molar-refractivity contribution in [3.8, 4) is 0 Å². The zero-order valence-electron chi connectivity index (χ0n) is 10.4. The number of halogens is 2. The SMILES string of the molecule is CC1(C)CC(CCN)C(Cl)(Cl)C(C)(C)N1O. The fourth-order valence-electron chi connectivity index (χ4n) is 2.70. The van der Waals surface area contributed by atoms with Gasteiger partial charge in [0.15, 0.2) is 0 Å². The third-order valence-electron chi connectivity index (χ3n) is 3.69. The van der Waals surface area contributed by atoms with E-state index in [0.29, 0.717) is 6.54 Å². The number of hydrogen-bond donors (Lipinski definition) is 2. The average molecular weight is 269 g/mol. The lowest BCUT2D eigenvalue weighted by atomic mass is 9.73. The summed E-state index contributed by atoms with van der Waals surface area (Å²) >= 11 is 12.9. The van der Waals surface area contributed by atoms with Crippen molar-refractivity contribution in [1.29, 1.82) is 0 Å². The summed E-state index contributed by atoms with van der Waals surface area (Å²) in [5.41, 5.74) is 4.57. The summed E-state index contributed by atoms with van der Waals surface area (Å²) in [6.45, 7) is 8.25. The molecular formula is C11H22Cl2N2O. The Hall–Kier alpha value is 0.460. The molecule has 96 valence electrons. The van der Waals surface area contributed by atoms with E-state index in [2.05, 4.69) is 0 Å². The van der Waals surface area contributed by atoms with E-state index >= 15 is 0 Å². The monoisotopic (exact) mass is 268 g/mol. The summed E-state index contributed by atoms with van der Waals surface area (Å²) in [6.07, 6.45) is 1.50. The van der Waals surface area contributed by atoms with Crippen LogP contribution in [0.2, 0.25) is 0 Å². The summed E-state index contributed by atoms with van der Waals surface area (Å²) in [5.74, 6) is 0.0919. The zero-order chi connectivity index (χ0) is 12.8. The van der Waals surface area contributed by atoms with Crippen LogP contribution in [0.25, 0.3) is 0 Å². The van der Waals surface area contributed by atoms with Crippen LogP contribution in [0.15, 0.2) is 0 Å². The van der Waals surface area contributed by atoms with Crippen molar-refractivity contribution in [2.45, 2.75) is 55.9 Å². The minimum Gasteiger partial charge on any atom is -0.330 e. The predicted octanol–water partition coefficient (Wildman–Crippen LogP) is 2.78. The van der Waals surface area contributed by atoms with E-state index in [0.717, 1.165) is 12.8 Å². The number of piperidine rings is 1. The van der Waals surface area contributed by atoms with Gasteiger partial charge in [-0.1, -0.05) is 23.2 Å². The molecule has 1 rings (SSSR count). The van der Waals surface area contributed by atoms with Gasteiger partial charge in [0.25, 0.3) is 0 Å². The van der Waals surface area contributed by atoms with Crippen molar-refractivity contribution in [2.75, 3.05) is 6.54 Å². The van der Waals surface area contributed by atoms with Gasteiger partial charge in [0, 0.05) is 5.54 Å². The van der Waals surface area contributed by atoms with Crippen LogP contribution in [0.4, 0.5) is 0 Å². The van der Waals surface area contributed by atoms with Crippen LogP contribution < -0.4 is 5.73 Å². The Morgan fingerprint density at radius 2 is 1.81 bits per heavy atom. The Kier molecular flexibility index (Phi) is 3.89. The molecule has 0 aromatic rings. The minimum atomic E-state index is -0.989. The molecule has 0 aliphatic carbocycles. The average Bonchev–Trinajstić information content (AvgIpc) is 2.13. The normalized spacial score (nSPS) is 32.6. The van der Waals surface area contributed by atoms with Gasteiger partial charge in [-0.3, -0.25) is 0 Å². The first-order valence-electron chi connectivity index (χ1n) is 5.64. The van der Waals surface area contributed by atoms with Crippen LogP contribution in [0.5, 0.6) is 0 Å². The van der Waals surface area contributed by atoms with E-state index < -0.39 is 9.87 Å². The predicted molar refractivity (Wildman–Crippen MR) is 68.0 cm³/mol. The van der Waals surface area contributed by atoms with Gasteiger partial charge in [0.2, 0.25) is 0 Å². The highest BCUT2D eigenvalue weighted by atomic mass is 35.5. The molecule has 1 fully saturated rings. The summed E-state index contributed by atoms with van der Waals surface area (Å²) in [6, 6.07) is 0. The van der Waals surface area contributed by atoms with Crippen LogP contribution in [0.1, 0.15) is 40.5 Å². The number of nitrogens with zero attached hydrogens (tertiary/aromatic N) is 1. The maximum Gasteiger partial charge on any atom is 0.141 e. The highest BCUT2D eigenvalue weighted by molar-refractivity contribution is 6.49. The molecule has 1 heterocycles. The third-order valence-corrected chi connectivity index (χ3v) is 5.23. The molecule has 16 heavy (non-hydrogen) atoms. The Morgan fingerprint density at radius 3 is 2.25 bits per heavy atom. The molecule has 1 saturated heterocycles. The van der Waals surface area contributed by atoms with E-state index in [9.17, 15) is 5.21 Å². The van der Waals surface area contributed by atoms with Gasteiger partial charge in [-0.25, -0.2) is 0 Å². The molecule has 1 unspecified atom stereocenters. The van der Waals surface area contributed by atoms with Crippen LogP contribution >= 0.6 is 23.2 Å². The van der Waals surface area contributed by atoms with Crippen LogP contribution in [0.3, 0.4) is 0 Å². The number of nitrogens with two attached hydrogens (primary N) is 1. The molecule has 1 aliphatic rings. The number of alkyl halides is 2. The fraction of sp³-hybridized carbons (Fsp3) is 1.00. The van der Waals surface area contributed by atoms with Crippen molar-refractivity contribution < 1.29 is 5.21 Å². The van der Waals surface area contributed by atoms with Crippen molar-refractivity contribution in [3.63, 3.8) is 0 Å².